The van der Waals surface area contributed by atoms with Crippen LogP contribution in [0, 0.1) is 0 Å². The first-order valence-electron chi connectivity index (χ1n) is 15.0. The van der Waals surface area contributed by atoms with E-state index in [4.69, 9.17) is 0 Å². The molecule has 0 aromatic heterocycles. The molecule has 0 bridgehead atoms. The smallest absolute Gasteiger partial charge is 0.292 e. The number of hydrogen-bond acceptors (Lipinski definition) is 4. The van der Waals surface area contributed by atoms with Gasteiger partial charge in [0, 0.05) is 0 Å². The highest BCUT2D eigenvalue weighted by molar-refractivity contribution is 6.23. The lowest BCUT2D eigenvalue weighted by Gasteiger charge is -2.22. The summed E-state index contributed by atoms with van der Waals surface area (Å²) in [5.41, 5.74) is 1.02. The van der Waals surface area contributed by atoms with Crippen molar-refractivity contribution in [3.63, 3.8) is 0 Å². The summed E-state index contributed by atoms with van der Waals surface area (Å²) in [6.45, 7) is 0. The van der Waals surface area contributed by atoms with Crippen molar-refractivity contribution < 1.29 is 29.8 Å². The molecule has 2 aliphatic heterocycles. The van der Waals surface area contributed by atoms with Gasteiger partial charge in [0.2, 0.25) is 11.8 Å². The van der Waals surface area contributed by atoms with Crippen LogP contribution in [-0.2, 0) is 19.2 Å². The number of nitrogens with zero attached hydrogens (tertiary/aromatic N) is 2. The molecule has 2 atom stereocenters. The molecule has 5 rings (SSSR count). The summed E-state index contributed by atoms with van der Waals surface area (Å²) < 4.78 is 0. The fourth-order valence-electron chi connectivity index (χ4n) is 6.92. The highest BCUT2D eigenvalue weighted by Gasteiger charge is 2.45. The zero-order chi connectivity index (χ0) is 26.5. The fourth-order valence-corrected chi connectivity index (χ4v) is 6.92. The third-order valence-electron chi connectivity index (χ3n) is 9.04. The van der Waals surface area contributed by atoms with Crippen LogP contribution in [0.15, 0.2) is 24.3 Å². The molecule has 4 amide bonds. The first kappa shape index (κ1) is 27.0. The van der Waals surface area contributed by atoms with Crippen LogP contribution >= 0.6 is 0 Å². The number of carbonyl (C=O) groups is 4. The number of nitrogens with two attached hydrogens (primary N) is 2. The van der Waals surface area contributed by atoms with Crippen LogP contribution in [-0.4, -0.2) is 47.8 Å². The van der Waals surface area contributed by atoms with Crippen molar-refractivity contribution in [2.24, 2.45) is 0 Å². The molecule has 8 heteroatoms. The van der Waals surface area contributed by atoms with E-state index in [1.54, 1.807) is 24.3 Å². The fraction of sp³-hybridized carbons (Fsp3) is 0.667. The highest BCUT2D eigenvalue weighted by Crippen LogP contribution is 2.28. The second-order valence-corrected chi connectivity index (χ2v) is 11.9. The Labute approximate surface area is 225 Å². The minimum absolute atomic E-state index is 0.160. The van der Waals surface area contributed by atoms with Gasteiger partial charge >= 0.3 is 0 Å². The molecule has 2 saturated heterocycles. The van der Waals surface area contributed by atoms with Gasteiger partial charge in [0.25, 0.3) is 11.8 Å². The van der Waals surface area contributed by atoms with Crippen molar-refractivity contribution >= 4 is 35.0 Å². The third-order valence-corrected chi connectivity index (χ3v) is 9.04. The average Bonchev–Trinajstić information content (AvgIpc) is 3.30. The number of rotatable bonds is 6. The summed E-state index contributed by atoms with van der Waals surface area (Å²) in [5.74, 6) is -0.687. The quantitative estimate of drug-likeness (QED) is 0.557. The highest BCUT2D eigenvalue weighted by atomic mass is 16.2. The van der Waals surface area contributed by atoms with Gasteiger partial charge in [-0.25, -0.2) is 9.80 Å². The number of imide groups is 2. The van der Waals surface area contributed by atoms with Crippen LogP contribution in [0.5, 0.6) is 0 Å². The van der Waals surface area contributed by atoms with Crippen molar-refractivity contribution in [1.29, 1.82) is 0 Å². The predicted molar refractivity (Wildman–Crippen MR) is 144 cm³/mol. The molecular formula is C30H44N4O4+2. The van der Waals surface area contributed by atoms with Crippen molar-refractivity contribution in [2.75, 3.05) is 9.80 Å². The van der Waals surface area contributed by atoms with E-state index in [1.807, 2.05) is 0 Å². The summed E-state index contributed by atoms with van der Waals surface area (Å²) in [5, 5.41) is 4.27. The van der Waals surface area contributed by atoms with E-state index in [0.29, 0.717) is 23.5 Å². The Kier molecular flexibility index (Phi) is 8.89. The molecule has 2 aliphatic carbocycles. The zero-order valence-electron chi connectivity index (χ0n) is 22.6. The van der Waals surface area contributed by atoms with Gasteiger partial charge in [-0.3, -0.25) is 19.2 Å². The number of anilines is 2. The van der Waals surface area contributed by atoms with Crippen LogP contribution in [0.3, 0.4) is 0 Å². The summed E-state index contributed by atoms with van der Waals surface area (Å²) in [6.07, 6.45) is 17.2. The molecule has 2 heterocycles. The maximum absolute atomic E-state index is 13.2. The number of hydrogen-bond donors (Lipinski definition) is 2. The molecule has 4 fully saturated rings. The summed E-state index contributed by atoms with van der Waals surface area (Å²) >= 11 is 0. The lowest BCUT2D eigenvalue weighted by Crippen LogP contribution is -2.96. The van der Waals surface area contributed by atoms with Gasteiger partial charge in [-0.15, -0.1) is 0 Å². The van der Waals surface area contributed by atoms with Crippen LogP contribution < -0.4 is 20.4 Å². The van der Waals surface area contributed by atoms with Gasteiger partial charge < -0.3 is 10.6 Å². The first-order chi connectivity index (χ1) is 18.5. The van der Waals surface area contributed by atoms with E-state index >= 15 is 0 Å². The first-order valence-corrected chi connectivity index (χ1v) is 15.0. The second kappa shape index (κ2) is 12.5. The standard InChI is InChI=1S/C30H42N4O4/c35-27-19-25(31-21-11-7-3-1-4-8-12-21)29(37)33(27)23-15-17-24(18-16-23)34-28(36)20-26(30(34)38)32-22-13-9-5-2-6-10-14-22/h15-18,21-22,25-26,31-32H,1-14,19-20H2/p+2/t25-,26-/m0/s1. The summed E-state index contributed by atoms with van der Waals surface area (Å²) in [6, 6.07) is 6.84. The van der Waals surface area contributed by atoms with Gasteiger partial charge in [0.15, 0.2) is 12.1 Å². The SMILES string of the molecule is O=C1C[C@H]([NH2+]C2CCCCCCC2)C(=O)N1c1ccc(N2C(=O)C[C@H]([NH2+]C3CCCCCCC3)C2=O)cc1. The molecule has 38 heavy (non-hydrogen) atoms. The Balaban J connectivity index is 1.21. The Morgan fingerprint density at radius 1 is 0.500 bits per heavy atom. The average molecular weight is 525 g/mol. The predicted octanol–water partition coefficient (Wildman–Crippen LogP) is 2.30. The molecule has 4 aliphatic rings. The number of carbonyl (C=O) groups excluding carboxylic acids is 4. The maximum atomic E-state index is 13.2. The topological polar surface area (TPSA) is 108 Å². The zero-order valence-corrected chi connectivity index (χ0v) is 22.6. The van der Waals surface area contributed by atoms with E-state index < -0.39 is 0 Å². The molecule has 1 aromatic rings. The lowest BCUT2D eigenvalue weighted by molar-refractivity contribution is -0.709. The minimum Gasteiger partial charge on any atom is -0.333 e. The van der Waals surface area contributed by atoms with E-state index in [9.17, 15) is 19.2 Å². The second-order valence-electron chi connectivity index (χ2n) is 11.9. The normalized spacial score (nSPS) is 26.9. The van der Waals surface area contributed by atoms with E-state index in [2.05, 4.69) is 10.6 Å². The molecule has 4 N–H and O–H groups in total. The molecule has 1 aromatic carbocycles. The molecule has 2 saturated carbocycles. The lowest BCUT2D eigenvalue weighted by atomic mass is 9.96. The third kappa shape index (κ3) is 6.18. The monoisotopic (exact) mass is 524 g/mol. The Bertz CT molecular complexity index is 929. The molecule has 0 radical (unpaired) electrons. The van der Waals surface area contributed by atoms with Crippen LogP contribution in [0.25, 0.3) is 0 Å². The largest absolute Gasteiger partial charge is 0.333 e. The van der Waals surface area contributed by atoms with Crippen molar-refractivity contribution in [1.82, 2.24) is 0 Å². The van der Waals surface area contributed by atoms with Gasteiger partial charge in [-0.1, -0.05) is 38.5 Å². The molecule has 0 spiro atoms. The van der Waals surface area contributed by atoms with E-state index in [0.717, 1.165) is 25.7 Å². The summed E-state index contributed by atoms with van der Waals surface area (Å²) in [7, 11) is 0. The number of quaternary nitrogens is 2. The van der Waals surface area contributed by atoms with Gasteiger partial charge in [-0.05, 0) is 75.6 Å². The van der Waals surface area contributed by atoms with Crippen LogP contribution in [0.1, 0.15) is 103 Å². The molecular weight excluding hydrogens is 480 g/mol. The van der Waals surface area contributed by atoms with Gasteiger partial charge in [0.05, 0.1) is 36.3 Å². The Morgan fingerprint density at radius 3 is 1.16 bits per heavy atom. The maximum Gasteiger partial charge on any atom is 0.292 e. The van der Waals surface area contributed by atoms with Crippen molar-refractivity contribution in [3.05, 3.63) is 24.3 Å². The molecule has 0 unspecified atom stereocenters. The van der Waals surface area contributed by atoms with Crippen molar-refractivity contribution in [3.8, 4) is 0 Å². The van der Waals surface area contributed by atoms with Crippen LogP contribution in [0.2, 0.25) is 0 Å². The Morgan fingerprint density at radius 2 is 0.816 bits per heavy atom. The Hall–Kier alpha value is -2.58. The minimum atomic E-state index is -0.363. The van der Waals surface area contributed by atoms with Crippen molar-refractivity contribution in [2.45, 2.75) is 127 Å². The van der Waals surface area contributed by atoms with Crippen LogP contribution in [0.4, 0.5) is 11.4 Å². The van der Waals surface area contributed by atoms with Gasteiger partial charge in [0.1, 0.15) is 0 Å². The van der Waals surface area contributed by atoms with E-state index in [1.165, 1.54) is 74.0 Å². The summed E-state index contributed by atoms with van der Waals surface area (Å²) in [4.78, 5) is 54.7. The van der Waals surface area contributed by atoms with Gasteiger partial charge in [-0.2, -0.15) is 0 Å². The number of amides is 4. The molecule has 8 nitrogen and oxygen atoms in total. The van der Waals surface area contributed by atoms with E-state index in [-0.39, 0.29) is 48.6 Å². The molecule has 206 valence electrons. The number of benzene rings is 1.